The molecule has 0 spiro atoms. The number of hydrogen-bond donors (Lipinski definition) is 1. The van der Waals surface area contributed by atoms with Gasteiger partial charge in [-0.1, -0.05) is 6.42 Å². The minimum Gasteiger partial charge on any atom is -0.325 e. The lowest BCUT2D eigenvalue weighted by Gasteiger charge is -2.33. The molecule has 3 unspecified atom stereocenters. The van der Waals surface area contributed by atoms with Gasteiger partial charge in [0.05, 0.1) is 15.9 Å². The molecule has 1 aromatic carbocycles. The van der Waals surface area contributed by atoms with E-state index in [9.17, 15) is 20.2 Å². The summed E-state index contributed by atoms with van der Waals surface area (Å²) in [5, 5.41) is 21.9. The molecule has 0 radical (unpaired) electrons. The van der Waals surface area contributed by atoms with Gasteiger partial charge in [-0.3, -0.25) is 20.2 Å². The Morgan fingerprint density at radius 2 is 2.00 bits per heavy atom. The molecule has 0 aliphatic heterocycles. The van der Waals surface area contributed by atoms with Crippen molar-refractivity contribution in [1.82, 2.24) is 0 Å². The first kappa shape index (κ1) is 13.9. The van der Waals surface area contributed by atoms with Gasteiger partial charge in [0.15, 0.2) is 0 Å². The number of nitrogens with two attached hydrogens (primary N) is 1. The van der Waals surface area contributed by atoms with E-state index >= 15 is 0 Å². The third-order valence-electron chi connectivity index (χ3n) is 5.02. The van der Waals surface area contributed by atoms with Crippen molar-refractivity contribution in [2.24, 2.45) is 17.6 Å². The smallest absolute Gasteiger partial charge is 0.279 e. The lowest BCUT2D eigenvalue weighted by atomic mass is 9.77. The van der Waals surface area contributed by atoms with Crippen LogP contribution in [0.1, 0.15) is 31.2 Å². The molecule has 3 rings (SSSR count). The van der Waals surface area contributed by atoms with Crippen LogP contribution >= 0.6 is 0 Å². The maximum absolute atomic E-state index is 11.2. The number of nitro groups is 2. The Kier molecular flexibility index (Phi) is 3.16. The fourth-order valence-corrected chi connectivity index (χ4v) is 4.04. The topological polar surface area (TPSA) is 112 Å². The molecule has 0 saturated heterocycles. The second-order valence-corrected chi connectivity index (χ2v) is 6.32. The molecular formula is C14H17N3O4. The number of benzene rings is 1. The molecule has 0 heterocycles. The van der Waals surface area contributed by atoms with E-state index in [1.165, 1.54) is 18.6 Å². The van der Waals surface area contributed by atoms with Gasteiger partial charge in [-0.05, 0) is 43.6 Å². The van der Waals surface area contributed by atoms with Crippen LogP contribution in [0.5, 0.6) is 0 Å². The zero-order valence-corrected chi connectivity index (χ0v) is 11.5. The molecule has 2 bridgehead atoms. The van der Waals surface area contributed by atoms with Gasteiger partial charge in [0.25, 0.3) is 11.4 Å². The largest absolute Gasteiger partial charge is 0.325 e. The average molecular weight is 291 g/mol. The number of fused-ring (bicyclic) bond motifs is 2. The zero-order chi connectivity index (χ0) is 15.2. The van der Waals surface area contributed by atoms with E-state index in [0.29, 0.717) is 23.8 Å². The van der Waals surface area contributed by atoms with Gasteiger partial charge < -0.3 is 5.73 Å². The van der Waals surface area contributed by atoms with Crippen LogP contribution in [0.25, 0.3) is 0 Å². The van der Waals surface area contributed by atoms with Crippen molar-refractivity contribution in [1.29, 1.82) is 0 Å². The van der Waals surface area contributed by atoms with Crippen LogP contribution < -0.4 is 5.73 Å². The third kappa shape index (κ3) is 2.37. The summed E-state index contributed by atoms with van der Waals surface area (Å²) in [7, 11) is 0. The van der Waals surface area contributed by atoms with E-state index in [1.807, 2.05) is 0 Å². The number of rotatable bonds is 4. The summed E-state index contributed by atoms with van der Waals surface area (Å²) in [5.74, 6) is 1.05. The SMILES string of the molecule is NC1(Cc2ccc([N+](=O)[O-])cc2[N+](=O)[O-])CC2CCC1C2. The highest BCUT2D eigenvalue weighted by molar-refractivity contribution is 5.50. The van der Waals surface area contributed by atoms with Gasteiger partial charge in [-0.25, -0.2) is 0 Å². The van der Waals surface area contributed by atoms with Crippen molar-refractivity contribution in [3.63, 3.8) is 0 Å². The Labute approximate surface area is 121 Å². The van der Waals surface area contributed by atoms with Crippen molar-refractivity contribution >= 4 is 11.4 Å². The molecule has 2 aliphatic rings. The third-order valence-corrected chi connectivity index (χ3v) is 5.02. The summed E-state index contributed by atoms with van der Waals surface area (Å²) >= 11 is 0. The molecule has 1 aromatic rings. The zero-order valence-electron chi connectivity index (χ0n) is 11.5. The Hall–Kier alpha value is -2.02. The van der Waals surface area contributed by atoms with E-state index in [-0.39, 0.29) is 11.4 Å². The second-order valence-electron chi connectivity index (χ2n) is 6.32. The van der Waals surface area contributed by atoms with E-state index < -0.39 is 15.4 Å². The molecule has 7 heteroatoms. The fraction of sp³-hybridized carbons (Fsp3) is 0.571. The summed E-state index contributed by atoms with van der Waals surface area (Å²) in [4.78, 5) is 20.8. The quantitative estimate of drug-likeness (QED) is 0.676. The highest BCUT2D eigenvalue weighted by Crippen LogP contribution is 2.51. The Bertz CT molecular complexity index is 618. The first-order valence-electron chi connectivity index (χ1n) is 7.09. The maximum Gasteiger partial charge on any atom is 0.279 e. The lowest BCUT2D eigenvalue weighted by Crippen LogP contribution is -2.47. The normalized spacial score (nSPS) is 30.5. The number of non-ortho nitro benzene ring substituents is 1. The van der Waals surface area contributed by atoms with E-state index in [1.54, 1.807) is 0 Å². The Morgan fingerprint density at radius 1 is 1.24 bits per heavy atom. The van der Waals surface area contributed by atoms with Crippen LogP contribution in [-0.4, -0.2) is 15.4 Å². The monoisotopic (exact) mass is 291 g/mol. The molecule has 2 saturated carbocycles. The molecule has 2 fully saturated rings. The Balaban J connectivity index is 1.91. The summed E-state index contributed by atoms with van der Waals surface area (Å²) in [6.07, 6.45) is 4.71. The van der Waals surface area contributed by atoms with Crippen LogP contribution in [0.4, 0.5) is 11.4 Å². The van der Waals surface area contributed by atoms with Crippen LogP contribution in [0.3, 0.4) is 0 Å². The lowest BCUT2D eigenvalue weighted by molar-refractivity contribution is -0.394. The molecule has 0 amide bonds. The molecule has 0 aromatic heterocycles. The van der Waals surface area contributed by atoms with E-state index in [0.717, 1.165) is 25.3 Å². The standard InChI is InChI=1S/C14H17N3O4/c15-14(7-9-1-3-11(14)5-9)8-10-2-4-12(16(18)19)6-13(10)17(20)21/h2,4,6,9,11H,1,3,5,7-8,15H2. The predicted molar refractivity (Wildman–Crippen MR) is 75.8 cm³/mol. The Morgan fingerprint density at radius 3 is 2.52 bits per heavy atom. The average Bonchev–Trinajstić information content (AvgIpc) is 2.98. The number of nitro benzene ring substituents is 2. The van der Waals surface area contributed by atoms with Gasteiger partial charge in [-0.2, -0.15) is 0 Å². The fourth-order valence-electron chi connectivity index (χ4n) is 4.04. The van der Waals surface area contributed by atoms with E-state index in [4.69, 9.17) is 5.73 Å². The molecule has 2 aliphatic carbocycles. The van der Waals surface area contributed by atoms with Crippen molar-refractivity contribution < 1.29 is 9.85 Å². The van der Waals surface area contributed by atoms with Gasteiger partial charge >= 0.3 is 0 Å². The molecule has 112 valence electrons. The summed E-state index contributed by atoms with van der Waals surface area (Å²) in [6.45, 7) is 0. The van der Waals surface area contributed by atoms with Gasteiger partial charge in [0.1, 0.15) is 0 Å². The second kappa shape index (κ2) is 4.77. The number of hydrogen-bond acceptors (Lipinski definition) is 5. The highest BCUT2D eigenvalue weighted by Gasteiger charge is 2.48. The summed E-state index contributed by atoms with van der Waals surface area (Å²) in [6, 6.07) is 3.83. The van der Waals surface area contributed by atoms with Crippen LogP contribution in [0, 0.1) is 32.1 Å². The predicted octanol–water partition coefficient (Wildman–Crippen LogP) is 2.56. The molecule has 3 atom stereocenters. The van der Waals surface area contributed by atoms with Gasteiger partial charge in [0.2, 0.25) is 0 Å². The molecule has 7 nitrogen and oxygen atoms in total. The van der Waals surface area contributed by atoms with Crippen LogP contribution in [0.15, 0.2) is 18.2 Å². The first-order valence-corrected chi connectivity index (χ1v) is 7.09. The van der Waals surface area contributed by atoms with Crippen LogP contribution in [-0.2, 0) is 6.42 Å². The van der Waals surface area contributed by atoms with Crippen molar-refractivity contribution in [2.75, 3.05) is 0 Å². The first-order chi connectivity index (χ1) is 9.89. The summed E-state index contributed by atoms with van der Waals surface area (Å²) in [5.41, 5.74) is 6.13. The number of nitrogens with zero attached hydrogens (tertiary/aromatic N) is 2. The minimum absolute atomic E-state index is 0.197. The van der Waals surface area contributed by atoms with E-state index in [2.05, 4.69) is 0 Å². The highest BCUT2D eigenvalue weighted by atomic mass is 16.6. The van der Waals surface area contributed by atoms with Crippen molar-refractivity contribution in [2.45, 2.75) is 37.6 Å². The maximum atomic E-state index is 11.2. The van der Waals surface area contributed by atoms with Crippen LogP contribution in [0.2, 0.25) is 0 Å². The van der Waals surface area contributed by atoms with Crippen molar-refractivity contribution in [3.8, 4) is 0 Å². The van der Waals surface area contributed by atoms with Crippen molar-refractivity contribution in [3.05, 3.63) is 44.0 Å². The summed E-state index contributed by atoms with van der Waals surface area (Å²) < 4.78 is 0. The van der Waals surface area contributed by atoms with Gasteiger partial charge in [0, 0.05) is 17.2 Å². The molecular weight excluding hydrogens is 274 g/mol. The molecule has 21 heavy (non-hydrogen) atoms. The molecule has 2 N–H and O–H groups in total. The van der Waals surface area contributed by atoms with Gasteiger partial charge in [-0.15, -0.1) is 0 Å². The minimum atomic E-state index is -0.619.